The standard InChI is InChI=1S/C17H17N3O3S/c1-20-13-6-4-5-7-15(13)24-17(20)19-18-16(21)12-9-8-11(22-2)10-14(12)23-3/h4-10H,1-3H3,(H,18,21)/b19-17-. The van der Waals surface area contributed by atoms with Crippen molar-refractivity contribution in [2.75, 3.05) is 14.2 Å². The average molecular weight is 343 g/mol. The highest BCUT2D eigenvalue weighted by Crippen LogP contribution is 2.24. The molecular formula is C17H17N3O3S. The number of nitrogens with zero attached hydrogens (tertiary/aromatic N) is 2. The molecule has 1 heterocycles. The Hall–Kier alpha value is -2.80. The van der Waals surface area contributed by atoms with Gasteiger partial charge in [0.25, 0.3) is 5.91 Å². The van der Waals surface area contributed by atoms with Gasteiger partial charge in [0.1, 0.15) is 11.5 Å². The van der Waals surface area contributed by atoms with Crippen molar-refractivity contribution in [3.8, 4) is 11.5 Å². The van der Waals surface area contributed by atoms with Crippen LogP contribution in [0.15, 0.2) is 47.6 Å². The Kier molecular flexibility index (Phi) is 4.52. The van der Waals surface area contributed by atoms with Gasteiger partial charge in [-0.1, -0.05) is 23.5 Å². The molecule has 7 heteroatoms. The molecular weight excluding hydrogens is 326 g/mol. The van der Waals surface area contributed by atoms with Gasteiger partial charge in [0.2, 0.25) is 4.80 Å². The van der Waals surface area contributed by atoms with Gasteiger partial charge in [0, 0.05) is 13.1 Å². The first kappa shape index (κ1) is 16.1. The topological polar surface area (TPSA) is 64.8 Å². The largest absolute Gasteiger partial charge is 0.497 e. The van der Waals surface area contributed by atoms with Gasteiger partial charge in [0.15, 0.2) is 0 Å². The molecule has 2 aromatic carbocycles. The van der Waals surface area contributed by atoms with Crippen LogP contribution in [0.3, 0.4) is 0 Å². The fraction of sp³-hybridized carbons (Fsp3) is 0.176. The van der Waals surface area contributed by atoms with Crippen LogP contribution >= 0.6 is 11.3 Å². The molecule has 3 rings (SSSR count). The van der Waals surface area contributed by atoms with E-state index < -0.39 is 0 Å². The summed E-state index contributed by atoms with van der Waals surface area (Å²) in [4.78, 5) is 13.1. The normalized spacial score (nSPS) is 11.5. The maximum Gasteiger partial charge on any atom is 0.275 e. The number of carbonyl (C=O) groups excluding carboxylic acids is 1. The summed E-state index contributed by atoms with van der Waals surface area (Å²) in [5.74, 6) is 0.714. The second kappa shape index (κ2) is 6.76. The lowest BCUT2D eigenvalue weighted by atomic mass is 10.2. The van der Waals surface area contributed by atoms with E-state index >= 15 is 0 Å². The van der Waals surface area contributed by atoms with Crippen molar-refractivity contribution in [3.63, 3.8) is 0 Å². The number of benzene rings is 2. The zero-order valence-corrected chi connectivity index (χ0v) is 14.4. The van der Waals surface area contributed by atoms with Crippen molar-refractivity contribution in [3.05, 3.63) is 52.8 Å². The summed E-state index contributed by atoms with van der Waals surface area (Å²) in [5, 5.41) is 4.23. The first-order chi connectivity index (χ1) is 11.6. The number of para-hydroxylation sites is 1. The third-order valence-corrected chi connectivity index (χ3v) is 4.73. The minimum atomic E-state index is -0.341. The third kappa shape index (κ3) is 2.98. The molecule has 1 aromatic heterocycles. The monoisotopic (exact) mass is 343 g/mol. The van der Waals surface area contributed by atoms with Crippen molar-refractivity contribution in [2.24, 2.45) is 12.1 Å². The highest BCUT2D eigenvalue weighted by Gasteiger charge is 2.13. The Morgan fingerprint density at radius 1 is 1.17 bits per heavy atom. The number of carbonyl (C=O) groups is 1. The van der Waals surface area contributed by atoms with E-state index in [0.29, 0.717) is 21.9 Å². The van der Waals surface area contributed by atoms with Crippen LogP contribution in [0, 0.1) is 0 Å². The molecule has 0 saturated heterocycles. The molecule has 0 aliphatic carbocycles. The van der Waals surface area contributed by atoms with Crippen molar-refractivity contribution < 1.29 is 14.3 Å². The van der Waals surface area contributed by atoms with E-state index in [1.165, 1.54) is 18.4 Å². The second-order valence-electron chi connectivity index (χ2n) is 5.03. The molecule has 0 atom stereocenters. The summed E-state index contributed by atoms with van der Waals surface area (Å²) >= 11 is 1.51. The summed E-state index contributed by atoms with van der Waals surface area (Å²) in [6.07, 6.45) is 0. The number of methoxy groups -OCH3 is 2. The predicted molar refractivity (Wildman–Crippen MR) is 93.4 cm³/mol. The molecule has 0 aliphatic heterocycles. The van der Waals surface area contributed by atoms with E-state index in [0.717, 1.165) is 10.2 Å². The summed E-state index contributed by atoms with van der Waals surface area (Å²) in [6.45, 7) is 0. The zero-order valence-electron chi connectivity index (χ0n) is 13.6. The van der Waals surface area contributed by atoms with Gasteiger partial charge in [0.05, 0.1) is 30.0 Å². The van der Waals surface area contributed by atoms with Crippen molar-refractivity contribution in [1.29, 1.82) is 0 Å². The maximum absolute atomic E-state index is 12.4. The Balaban J connectivity index is 1.90. The molecule has 0 bridgehead atoms. The van der Waals surface area contributed by atoms with Gasteiger partial charge < -0.3 is 14.0 Å². The molecule has 0 aliphatic rings. The molecule has 0 unspecified atom stereocenters. The van der Waals surface area contributed by atoms with E-state index in [-0.39, 0.29) is 5.91 Å². The van der Waals surface area contributed by atoms with Crippen LogP contribution in [0.5, 0.6) is 11.5 Å². The summed E-state index contributed by atoms with van der Waals surface area (Å²) < 4.78 is 13.4. The van der Waals surface area contributed by atoms with E-state index in [4.69, 9.17) is 9.47 Å². The smallest absolute Gasteiger partial charge is 0.275 e. The number of hydrogen-bond acceptors (Lipinski definition) is 5. The Morgan fingerprint density at radius 2 is 1.96 bits per heavy atom. The van der Waals surface area contributed by atoms with Crippen LogP contribution in [0.25, 0.3) is 10.2 Å². The highest BCUT2D eigenvalue weighted by atomic mass is 32.1. The fourth-order valence-electron chi connectivity index (χ4n) is 2.33. The summed E-state index contributed by atoms with van der Waals surface area (Å²) in [5.41, 5.74) is 4.05. The zero-order chi connectivity index (χ0) is 17.1. The minimum absolute atomic E-state index is 0.341. The van der Waals surface area contributed by atoms with Gasteiger partial charge in [-0.2, -0.15) is 0 Å². The first-order valence-electron chi connectivity index (χ1n) is 7.24. The average Bonchev–Trinajstić information content (AvgIpc) is 2.95. The first-order valence-corrected chi connectivity index (χ1v) is 8.06. The number of hydrogen-bond donors (Lipinski definition) is 1. The van der Waals surface area contributed by atoms with Crippen LogP contribution in [-0.2, 0) is 7.05 Å². The lowest BCUT2D eigenvalue weighted by Crippen LogP contribution is -2.23. The number of aromatic nitrogens is 1. The molecule has 0 radical (unpaired) electrons. The van der Waals surface area contributed by atoms with Gasteiger partial charge >= 0.3 is 0 Å². The SMILES string of the molecule is COc1ccc(C(=O)N/N=c2\sc3ccccc3n2C)c(OC)c1. The van der Waals surface area contributed by atoms with Crippen LogP contribution in [0.2, 0.25) is 0 Å². The van der Waals surface area contributed by atoms with Gasteiger partial charge in [-0.25, -0.2) is 5.43 Å². The summed E-state index contributed by atoms with van der Waals surface area (Å²) in [7, 11) is 4.98. The number of amides is 1. The van der Waals surface area contributed by atoms with Crippen molar-refractivity contribution in [1.82, 2.24) is 9.99 Å². The second-order valence-corrected chi connectivity index (χ2v) is 6.04. The predicted octanol–water partition coefficient (Wildman–Crippen LogP) is 2.50. The number of fused-ring (bicyclic) bond motifs is 1. The molecule has 0 spiro atoms. The maximum atomic E-state index is 12.4. The van der Waals surface area contributed by atoms with Crippen molar-refractivity contribution >= 4 is 27.5 Å². The molecule has 0 saturated carbocycles. The van der Waals surface area contributed by atoms with Gasteiger partial charge in [-0.3, -0.25) is 4.79 Å². The number of thiazole rings is 1. The lowest BCUT2D eigenvalue weighted by molar-refractivity contribution is 0.0950. The Bertz CT molecular complexity index is 959. The fourth-order valence-corrected chi connectivity index (χ4v) is 3.31. The molecule has 6 nitrogen and oxygen atoms in total. The molecule has 1 N–H and O–H groups in total. The third-order valence-electron chi connectivity index (χ3n) is 3.62. The van der Waals surface area contributed by atoms with Gasteiger partial charge in [-0.05, 0) is 24.3 Å². The van der Waals surface area contributed by atoms with Crippen LogP contribution in [0.1, 0.15) is 10.4 Å². The number of ether oxygens (including phenoxy) is 2. The van der Waals surface area contributed by atoms with Crippen LogP contribution < -0.4 is 19.7 Å². The number of aryl methyl sites for hydroxylation is 1. The molecule has 24 heavy (non-hydrogen) atoms. The van der Waals surface area contributed by atoms with E-state index in [1.807, 2.05) is 35.9 Å². The van der Waals surface area contributed by atoms with Crippen LogP contribution in [-0.4, -0.2) is 24.7 Å². The minimum Gasteiger partial charge on any atom is -0.497 e. The highest BCUT2D eigenvalue weighted by molar-refractivity contribution is 7.16. The molecule has 0 fully saturated rings. The van der Waals surface area contributed by atoms with Crippen LogP contribution in [0.4, 0.5) is 0 Å². The number of nitrogens with one attached hydrogen (secondary N) is 1. The molecule has 124 valence electrons. The lowest BCUT2D eigenvalue weighted by Gasteiger charge is -2.08. The number of rotatable bonds is 4. The quantitative estimate of drug-likeness (QED) is 0.740. The molecule has 1 amide bonds. The van der Waals surface area contributed by atoms with Gasteiger partial charge in [-0.15, -0.1) is 5.10 Å². The van der Waals surface area contributed by atoms with Crippen molar-refractivity contribution in [2.45, 2.75) is 0 Å². The molecule has 3 aromatic rings. The summed E-state index contributed by atoms with van der Waals surface area (Å²) in [6, 6.07) is 13.0. The Labute approximate surface area is 143 Å². The van der Waals surface area contributed by atoms with E-state index in [9.17, 15) is 4.79 Å². The Morgan fingerprint density at radius 3 is 2.67 bits per heavy atom. The van der Waals surface area contributed by atoms with E-state index in [2.05, 4.69) is 10.5 Å². The van der Waals surface area contributed by atoms with E-state index in [1.54, 1.807) is 25.3 Å².